The second-order valence-electron chi connectivity index (χ2n) is 10.5. The second kappa shape index (κ2) is 12.9. The quantitative estimate of drug-likeness (QED) is 0.573. The predicted molar refractivity (Wildman–Crippen MR) is 136 cm³/mol. The zero-order valence-electron chi connectivity index (χ0n) is 21.3. The third-order valence-corrected chi connectivity index (χ3v) is 7.12. The summed E-state index contributed by atoms with van der Waals surface area (Å²) in [5.74, 6) is -0.825. The number of allylic oxidation sites excluding steroid dienone is 2. The summed E-state index contributed by atoms with van der Waals surface area (Å²) in [6.45, 7) is 4.04. The Morgan fingerprint density at radius 2 is 1.77 bits per heavy atom. The van der Waals surface area contributed by atoms with E-state index in [1.54, 1.807) is 7.05 Å². The van der Waals surface area contributed by atoms with Crippen molar-refractivity contribution in [2.75, 3.05) is 7.05 Å². The minimum atomic E-state index is -1.09. The second-order valence-corrected chi connectivity index (χ2v) is 10.5. The summed E-state index contributed by atoms with van der Waals surface area (Å²) in [6.07, 6.45) is 8.66. The van der Waals surface area contributed by atoms with Crippen molar-refractivity contribution in [3.63, 3.8) is 0 Å². The van der Waals surface area contributed by atoms with Crippen molar-refractivity contribution < 1.29 is 19.5 Å². The number of nitrogens with zero attached hydrogens (tertiary/aromatic N) is 1. The van der Waals surface area contributed by atoms with Gasteiger partial charge in [0.25, 0.3) is 0 Å². The molecule has 7 nitrogen and oxygen atoms in total. The van der Waals surface area contributed by atoms with Crippen LogP contribution in [0, 0.1) is 17.8 Å². The van der Waals surface area contributed by atoms with E-state index in [2.05, 4.69) is 16.7 Å². The SMILES string of the molecule is CC(C)C[C@@H]1NC(=O)C(Cc2ccccc2)CCCC/C=C\CC2CC(NC1=O)C(O)N(C)C2=O. The van der Waals surface area contributed by atoms with E-state index in [4.69, 9.17) is 0 Å². The number of likely N-dealkylation sites (N-methyl/N-ethyl adjacent to an activating group) is 1. The Hall–Kier alpha value is -2.67. The van der Waals surface area contributed by atoms with Crippen LogP contribution in [0.4, 0.5) is 0 Å². The summed E-state index contributed by atoms with van der Waals surface area (Å²) in [5.41, 5.74) is 1.11. The maximum Gasteiger partial charge on any atom is 0.242 e. The maximum absolute atomic E-state index is 13.4. The summed E-state index contributed by atoms with van der Waals surface area (Å²) < 4.78 is 0. The number of piperidine rings is 1. The first kappa shape index (κ1) is 26.9. The molecule has 1 fully saturated rings. The normalized spacial score (nSPS) is 30.0. The average molecular weight is 484 g/mol. The van der Waals surface area contributed by atoms with Crippen molar-refractivity contribution in [3.8, 4) is 0 Å². The zero-order chi connectivity index (χ0) is 25.4. The summed E-state index contributed by atoms with van der Waals surface area (Å²) in [7, 11) is 1.57. The van der Waals surface area contributed by atoms with Crippen LogP contribution >= 0.6 is 0 Å². The number of carbonyl (C=O) groups excluding carboxylic acids is 3. The molecule has 2 heterocycles. The third kappa shape index (κ3) is 7.66. The first-order valence-corrected chi connectivity index (χ1v) is 13.0. The lowest BCUT2D eigenvalue weighted by Gasteiger charge is -2.40. The van der Waals surface area contributed by atoms with Gasteiger partial charge in [-0.05, 0) is 56.4 Å². The van der Waals surface area contributed by atoms with Gasteiger partial charge in [0.2, 0.25) is 17.7 Å². The number of hydrogen-bond donors (Lipinski definition) is 3. The number of amides is 3. The fourth-order valence-electron chi connectivity index (χ4n) is 5.08. The number of aliphatic hydroxyl groups is 1. The molecule has 192 valence electrons. The summed E-state index contributed by atoms with van der Waals surface area (Å²) >= 11 is 0. The molecule has 1 aromatic carbocycles. The molecule has 2 bridgehead atoms. The van der Waals surface area contributed by atoms with Crippen LogP contribution in [0.3, 0.4) is 0 Å². The Bertz CT molecular complexity index is 885. The Labute approximate surface area is 209 Å². The molecule has 0 spiro atoms. The van der Waals surface area contributed by atoms with Gasteiger partial charge >= 0.3 is 0 Å². The Morgan fingerprint density at radius 3 is 2.49 bits per heavy atom. The highest BCUT2D eigenvalue weighted by atomic mass is 16.3. The molecule has 7 heteroatoms. The molecule has 0 radical (unpaired) electrons. The molecule has 35 heavy (non-hydrogen) atoms. The molecule has 3 amide bonds. The molecule has 3 N–H and O–H groups in total. The average Bonchev–Trinajstić information content (AvgIpc) is 2.83. The number of carbonyl (C=O) groups is 3. The summed E-state index contributed by atoms with van der Waals surface area (Å²) in [5, 5.41) is 16.7. The zero-order valence-corrected chi connectivity index (χ0v) is 21.3. The molecular formula is C28H41N3O4. The molecule has 4 unspecified atom stereocenters. The van der Waals surface area contributed by atoms with Crippen molar-refractivity contribution in [1.29, 1.82) is 0 Å². The highest BCUT2D eigenvalue weighted by molar-refractivity contribution is 5.89. The smallest absolute Gasteiger partial charge is 0.242 e. The lowest BCUT2D eigenvalue weighted by atomic mass is 9.88. The molecular weight excluding hydrogens is 442 g/mol. The summed E-state index contributed by atoms with van der Waals surface area (Å²) in [6, 6.07) is 8.72. The van der Waals surface area contributed by atoms with Gasteiger partial charge in [-0.25, -0.2) is 0 Å². The minimum absolute atomic E-state index is 0.105. The Balaban J connectivity index is 1.83. The standard InChI is InChI=1S/C28H41N3O4/c1-19(2)16-23-26(33)30-24-18-22(27(34)31(3)28(24)35)15-11-6-4-5-10-14-21(25(32)29-23)17-20-12-8-7-9-13-20/h6-9,11-13,19,21-24,28,35H,4-5,10,14-18H2,1-3H3,(H,29,32)(H,30,33)/b11-6-/t21?,22?,23-,24?,28?/m0/s1. The van der Waals surface area contributed by atoms with Gasteiger partial charge in [0.1, 0.15) is 12.3 Å². The topological polar surface area (TPSA) is 98.7 Å². The Morgan fingerprint density at radius 1 is 1.03 bits per heavy atom. The number of nitrogens with one attached hydrogen (secondary N) is 2. The van der Waals surface area contributed by atoms with Gasteiger partial charge in [-0.1, -0.05) is 62.8 Å². The lowest BCUT2D eigenvalue weighted by molar-refractivity contribution is -0.155. The number of rotatable bonds is 4. The predicted octanol–water partition coefficient (Wildman–Crippen LogP) is 3.18. The van der Waals surface area contributed by atoms with Crippen LogP contribution in [0.25, 0.3) is 0 Å². The number of hydrogen-bond acceptors (Lipinski definition) is 4. The molecule has 2 aliphatic rings. The monoisotopic (exact) mass is 483 g/mol. The Kier molecular flexibility index (Phi) is 9.90. The van der Waals surface area contributed by atoms with Gasteiger partial charge in [0, 0.05) is 18.9 Å². The molecule has 5 atom stereocenters. The van der Waals surface area contributed by atoms with E-state index >= 15 is 0 Å². The van der Waals surface area contributed by atoms with Crippen molar-refractivity contribution in [1.82, 2.24) is 15.5 Å². The number of likely N-dealkylation sites (tertiary alicyclic amines) is 1. The highest BCUT2D eigenvalue weighted by Gasteiger charge is 2.40. The minimum Gasteiger partial charge on any atom is -0.371 e. The highest BCUT2D eigenvalue weighted by Crippen LogP contribution is 2.25. The van der Waals surface area contributed by atoms with Crippen LogP contribution in [-0.4, -0.2) is 53.1 Å². The number of aliphatic hydroxyl groups excluding tert-OH is 1. The van der Waals surface area contributed by atoms with Crippen molar-refractivity contribution >= 4 is 17.7 Å². The molecule has 0 aliphatic carbocycles. The van der Waals surface area contributed by atoms with E-state index in [0.29, 0.717) is 25.7 Å². The molecule has 0 aromatic heterocycles. The van der Waals surface area contributed by atoms with E-state index in [0.717, 1.165) is 31.2 Å². The molecule has 1 saturated heterocycles. The van der Waals surface area contributed by atoms with Crippen LogP contribution in [-0.2, 0) is 20.8 Å². The van der Waals surface area contributed by atoms with Crippen molar-refractivity contribution in [2.45, 2.75) is 83.5 Å². The maximum atomic E-state index is 13.4. The molecule has 0 saturated carbocycles. The van der Waals surface area contributed by atoms with E-state index < -0.39 is 18.3 Å². The van der Waals surface area contributed by atoms with Crippen molar-refractivity contribution in [2.24, 2.45) is 17.8 Å². The van der Waals surface area contributed by atoms with Gasteiger partial charge in [-0.3, -0.25) is 14.4 Å². The van der Waals surface area contributed by atoms with Crippen molar-refractivity contribution in [3.05, 3.63) is 48.0 Å². The van der Waals surface area contributed by atoms with E-state index in [1.807, 2.05) is 50.3 Å². The molecule has 2 aliphatic heterocycles. The molecule has 1 aromatic rings. The lowest BCUT2D eigenvalue weighted by Crippen LogP contribution is -2.61. The number of benzene rings is 1. The summed E-state index contributed by atoms with van der Waals surface area (Å²) in [4.78, 5) is 40.7. The molecule has 3 rings (SSSR count). The van der Waals surface area contributed by atoms with E-state index in [-0.39, 0.29) is 35.5 Å². The van der Waals surface area contributed by atoms with Gasteiger partial charge < -0.3 is 20.6 Å². The van der Waals surface area contributed by atoms with Gasteiger partial charge in [-0.15, -0.1) is 0 Å². The van der Waals surface area contributed by atoms with Gasteiger partial charge in [0.15, 0.2) is 0 Å². The van der Waals surface area contributed by atoms with Gasteiger partial charge in [0.05, 0.1) is 6.04 Å². The van der Waals surface area contributed by atoms with E-state index in [9.17, 15) is 19.5 Å². The fraction of sp³-hybridized carbons (Fsp3) is 0.607. The first-order valence-electron chi connectivity index (χ1n) is 13.0. The van der Waals surface area contributed by atoms with Crippen LogP contribution < -0.4 is 10.6 Å². The third-order valence-electron chi connectivity index (χ3n) is 7.12. The number of fused-ring (bicyclic) bond motifs is 2. The largest absolute Gasteiger partial charge is 0.371 e. The van der Waals surface area contributed by atoms with Crippen LogP contribution in [0.2, 0.25) is 0 Å². The van der Waals surface area contributed by atoms with Crippen LogP contribution in [0.1, 0.15) is 64.4 Å². The van der Waals surface area contributed by atoms with E-state index in [1.165, 1.54) is 4.90 Å². The van der Waals surface area contributed by atoms with Crippen LogP contribution in [0.15, 0.2) is 42.5 Å². The van der Waals surface area contributed by atoms with Gasteiger partial charge in [-0.2, -0.15) is 0 Å². The fourth-order valence-corrected chi connectivity index (χ4v) is 5.08. The van der Waals surface area contributed by atoms with Crippen LogP contribution in [0.5, 0.6) is 0 Å². The first-order chi connectivity index (χ1) is 16.8.